The van der Waals surface area contributed by atoms with Crippen LogP contribution >= 0.6 is 23.2 Å². The molecule has 6 nitrogen and oxygen atoms in total. The lowest BCUT2D eigenvalue weighted by atomic mass is 10.0. The molecule has 2 N–H and O–H groups in total. The van der Waals surface area contributed by atoms with E-state index in [4.69, 9.17) is 40.1 Å². The van der Waals surface area contributed by atoms with Gasteiger partial charge >= 0.3 is 0 Å². The Morgan fingerprint density at radius 2 is 2.03 bits per heavy atom. The molecular weight excluding hydrogens is 488 g/mol. The van der Waals surface area contributed by atoms with E-state index in [0.29, 0.717) is 22.4 Å². The van der Waals surface area contributed by atoms with Gasteiger partial charge in [-0.15, -0.1) is 12.3 Å². The van der Waals surface area contributed by atoms with E-state index in [-0.39, 0.29) is 10.8 Å². The Balaban J connectivity index is 1.45. The minimum Gasteiger partial charge on any atom is -0.482 e. The summed E-state index contributed by atoms with van der Waals surface area (Å²) in [6.45, 7) is 4.85. The standard InChI is InChI=1S/C26H28Cl2FN5O/c1-3-4-5-10-33-11-8-20(9-12-33)34-16-19(15-32-34)18-13-23(26(30)31-14-18)35-17(2)24-21(27)6-7-22(29)25(24)28/h1,6-7,13-17,20H,4-5,8-12H2,2H3,(H2,30,31)/t17-/m1/s1. The number of terminal acetylenes is 1. The fraction of sp³-hybridized carbons (Fsp3) is 0.385. The van der Waals surface area contributed by atoms with Gasteiger partial charge < -0.3 is 15.4 Å². The molecule has 3 heterocycles. The van der Waals surface area contributed by atoms with Crippen molar-refractivity contribution in [3.8, 4) is 29.2 Å². The molecule has 1 fully saturated rings. The number of hydrogen-bond donors (Lipinski definition) is 1. The summed E-state index contributed by atoms with van der Waals surface area (Å²) in [4.78, 5) is 6.75. The second-order valence-corrected chi connectivity index (χ2v) is 9.50. The molecule has 0 radical (unpaired) electrons. The van der Waals surface area contributed by atoms with E-state index in [9.17, 15) is 4.39 Å². The first-order valence-corrected chi connectivity index (χ1v) is 12.4. The van der Waals surface area contributed by atoms with Gasteiger partial charge in [-0.25, -0.2) is 9.37 Å². The quantitative estimate of drug-likeness (QED) is 0.221. The molecule has 9 heteroatoms. The summed E-state index contributed by atoms with van der Waals surface area (Å²) in [5.74, 6) is 2.72. The Bertz CT molecular complexity index is 1220. The molecule has 0 amide bonds. The van der Waals surface area contributed by atoms with Crippen LogP contribution in [0.2, 0.25) is 10.0 Å². The predicted octanol–water partition coefficient (Wildman–Crippen LogP) is 6.16. The number of pyridine rings is 1. The van der Waals surface area contributed by atoms with Gasteiger partial charge in [-0.2, -0.15) is 5.10 Å². The first-order valence-electron chi connectivity index (χ1n) is 11.6. The van der Waals surface area contributed by atoms with Crippen LogP contribution in [0.5, 0.6) is 5.75 Å². The maximum Gasteiger partial charge on any atom is 0.166 e. The van der Waals surface area contributed by atoms with Crippen LogP contribution < -0.4 is 10.5 Å². The molecule has 2 aromatic heterocycles. The van der Waals surface area contributed by atoms with Crippen molar-refractivity contribution in [2.45, 2.75) is 44.8 Å². The van der Waals surface area contributed by atoms with Crippen molar-refractivity contribution in [3.63, 3.8) is 0 Å². The minimum absolute atomic E-state index is 0.0731. The van der Waals surface area contributed by atoms with Crippen LogP contribution in [0, 0.1) is 18.2 Å². The highest BCUT2D eigenvalue weighted by molar-refractivity contribution is 6.36. The SMILES string of the molecule is C#CCCCN1CCC(n2cc(-c3cnc(N)c(O[C@H](C)c4c(Cl)ccc(F)c4Cl)c3)cn2)CC1. The Hall–Kier alpha value is -2.79. The molecule has 0 aliphatic carbocycles. The summed E-state index contributed by atoms with van der Waals surface area (Å²) in [5, 5.41) is 4.85. The molecule has 1 atom stereocenters. The van der Waals surface area contributed by atoms with Crippen LogP contribution in [0.1, 0.15) is 50.3 Å². The van der Waals surface area contributed by atoms with E-state index in [2.05, 4.69) is 20.9 Å². The molecule has 35 heavy (non-hydrogen) atoms. The molecule has 184 valence electrons. The highest BCUT2D eigenvalue weighted by Gasteiger charge is 2.22. The number of aromatic nitrogens is 3. The Morgan fingerprint density at radius 3 is 2.77 bits per heavy atom. The van der Waals surface area contributed by atoms with Crippen molar-refractivity contribution in [3.05, 3.63) is 58.2 Å². The predicted molar refractivity (Wildman–Crippen MR) is 138 cm³/mol. The molecule has 0 unspecified atom stereocenters. The number of ether oxygens (including phenoxy) is 1. The van der Waals surface area contributed by atoms with Crippen LogP contribution in [-0.2, 0) is 0 Å². The second kappa shape index (κ2) is 11.3. The number of nitrogen functional groups attached to an aromatic ring is 1. The number of rotatable bonds is 8. The smallest absolute Gasteiger partial charge is 0.166 e. The van der Waals surface area contributed by atoms with Crippen molar-refractivity contribution in [2.75, 3.05) is 25.4 Å². The highest BCUT2D eigenvalue weighted by Crippen LogP contribution is 2.37. The number of nitrogens with zero attached hydrogens (tertiary/aromatic N) is 4. The summed E-state index contributed by atoms with van der Waals surface area (Å²) in [7, 11) is 0. The summed E-state index contributed by atoms with van der Waals surface area (Å²) < 4.78 is 22.0. The van der Waals surface area contributed by atoms with E-state index in [0.717, 1.165) is 56.4 Å². The van der Waals surface area contributed by atoms with E-state index in [1.807, 2.05) is 17.1 Å². The van der Waals surface area contributed by atoms with Gasteiger partial charge in [0.25, 0.3) is 0 Å². The Morgan fingerprint density at radius 1 is 1.26 bits per heavy atom. The molecule has 4 rings (SSSR count). The zero-order chi connectivity index (χ0) is 24.9. The highest BCUT2D eigenvalue weighted by atomic mass is 35.5. The third-order valence-electron chi connectivity index (χ3n) is 6.33. The van der Waals surface area contributed by atoms with Gasteiger partial charge in [-0.3, -0.25) is 4.68 Å². The van der Waals surface area contributed by atoms with E-state index >= 15 is 0 Å². The van der Waals surface area contributed by atoms with Crippen LogP contribution in [0.25, 0.3) is 11.1 Å². The number of halogens is 3. The molecule has 3 aromatic rings. The van der Waals surface area contributed by atoms with Gasteiger partial charge in [0.15, 0.2) is 11.6 Å². The lowest BCUT2D eigenvalue weighted by Gasteiger charge is -2.31. The van der Waals surface area contributed by atoms with Crippen LogP contribution in [0.3, 0.4) is 0 Å². The third-order valence-corrected chi connectivity index (χ3v) is 7.05. The van der Waals surface area contributed by atoms with E-state index in [1.165, 1.54) is 12.1 Å². The lowest BCUT2D eigenvalue weighted by molar-refractivity contribution is 0.179. The maximum absolute atomic E-state index is 14.0. The van der Waals surface area contributed by atoms with Gasteiger partial charge in [-0.05, 0) is 50.9 Å². The largest absolute Gasteiger partial charge is 0.482 e. The summed E-state index contributed by atoms with van der Waals surface area (Å²) in [6, 6.07) is 4.82. The monoisotopic (exact) mass is 515 g/mol. The minimum atomic E-state index is -0.640. The van der Waals surface area contributed by atoms with Crippen molar-refractivity contribution >= 4 is 29.0 Å². The van der Waals surface area contributed by atoms with E-state index < -0.39 is 11.9 Å². The molecular formula is C26H28Cl2FN5O. The third kappa shape index (κ3) is 5.90. The number of hydrogen-bond acceptors (Lipinski definition) is 5. The summed E-state index contributed by atoms with van der Waals surface area (Å²) >= 11 is 12.4. The van der Waals surface area contributed by atoms with Gasteiger partial charge in [0, 0.05) is 53.6 Å². The van der Waals surface area contributed by atoms with Crippen molar-refractivity contribution in [1.29, 1.82) is 0 Å². The van der Waals surface area contributed by atoms with Crippen molar-refractivity contribution < 1.29 is 9.13 Å². The lowest BCUT2D eigenvalue weighted by Crippen LogP contribution is -2.35. The van der Waals surface area contributed by atoms with Crippen LogP contribution in [-0.4, -0.2) is 39.3 Å². The Kier molecular flexibility index (Phi) is 8.17. The van der Waals surface area contributed by atoms with Crippen LogP contribution in [0.15, 0.2) is 36.8 Å². The van der Waals surface area contributed by atoms with Gasteiger partial charge in [0.05, 0.1) is 17.3 Å². The first kappa shape index (κ1) is 25.3. The normalized spacial score (nSPS) is 15.6. The molecule has 0 saturated carbocycles. The molecule has 1 aliphatic heterocycles. The van der Waals surface area contributed by atoms with Gasteiger partial charge in [0.1, 0.15) is 11.9 Å². The second-order valence-electron chi connectivity index (χ2n) is 8.71. The average Bonchev–Trinajstić information content (AvgIpc) is 3.34. The molecule has 0 bridgehead atoms. The number of piperidine rings is 1. The van der Waals surface area contributed by atoms with Crippen LogP contribution in [0.4, 0.5) is 10.2 Å². The van der Waals surface area contributed by atoms with Gasteiger partial charge in [-0.1, -0.05) is 23.2 Å². The fourth-order valence-corrected chi connectivity index (χ4v) is 5.05. The van der Waals surface area contributed by atoms with E-state index in [1.54, 1.807) is 19.2 Å². The number of nitrogens with two attached hydrogens (primary N) is 1. The zero-order valence-corrected chi connectivity index (χ0v) is 21.1. The maximum atomic E-state index is 14.0. The number of anilines is 1. The molecule has 1 saturated heterocycles. The average molecular weight is 516 g/mol. The molecule has 1 aromatic carbocycles. The molecule has 0 spiro atoms. The Labute approximate surface area is 215 Å². The number of likely N-dealkylation sites (tertiary alicyclic amines) is 1. The summed E-state index contributed by atoms with van der Waals surface area (Å²) in [6.07, 6.45) is 14.2. The number of benzene rings is 1. The summed E-state index contributed by atoms with van der Waals surface area (Å²) in [5.41, 5.74) is 8.15. The van der Waals surface area contributed by atoms with Crippen molar-refractivity contribution in [1.82, 2.24) is 19.7 Å². The first-order chi connectivity index (χ1) is 16.9. The molecule has 1 aliphatic rings. The topological polar surface area (TPSA) is 69.2 Å². The zero-order valence-electron chi connectivity index (χ0n) is 19.6. The van der Waals surface area contributed by atoms with Gasteiger partial charge in [0.2, 0.25) is 0 Å². The van der Waals surface area contributed by atoms with Crippen molar-refractivity contribution in [2.24, 2.45) is 0 Å². The number of unbranched alkanes of at least 4 members (excludes halogenated alkanes) is 1. The fourth-order valence-electron chi connectivity index (χ4n) is 4.37.